The van der Waals surface area contributed by atoms with E-state index in [-0.39, 0.29) is 5.97 Å². The maximum absolute atomic E-state index is 12.1. The topological polar surface area (TPSA) is 44.8 Å². The van der Waals surface area contributed by atoms with Crippen LogP contribution in [-0.4, -0.2) is 31.9 Å². The van der Waals surface area contributed by atoms with Gasteiger partial charge in [0.2, 0.25) is 0 Å². The lowest BCUT2D eigenvalue weighted by Gasteiger charge is -2.16. The maximum atomic E-state index is 12.1. The second kappa shape index (κ2) is 11.2. The Balaban J connectivity index is 1.30. The fourth-order valence-electron chi connectivity index (χ4n) is 4.63. The van der Waals surface area contributed by atoms with E-state index in [1.165, 1.54) is 22.3 Å². The summed E-state index contributed by atoms with van der Waals surface area (Å²) in [7, 11) is 0. The summed E-state index contributed by atoms with van der Waals surface area (Å²) in [4.78, 5) is 12.1. The lowest BCUT2D eigenvalue weighted by Crippen LogP contribution is -2.28. The molecule has 33 heavy (non-hydrogen) atoms. The number of hydrogen-bond acceptors (Lipinski definition) is 4. The van der Waals surface area contributed by atoms with Crippen LogP contribution in [0.4, 0.5) is 0 Å². The molecule has 0 aliphatic heterocycles. The molecule has 0 N–H and O–H groups in total. The zero-order chi connectivity index (χ0) is 23.0. The highest BCUT2D eigenvalue weighted by Crippen LogP contribution is 2.46. The molecule has 0 amide bonds. The number of carbonyl (C=O) groups excluding carboxylic acids is 1. The standard InChI is InChI=1S/C29H32O4/c1-3-31-28(29(30)32-4-2)20-21-15-17-22(18-16-21)33-19-9-14-27-25-12-7-5-10-23(25)24-11-6-8-13-26(24)27/h5-8,10-13,15-18,27-28H,3-4,9,14,19-20H2,1-2H3. The van der Waals surface area contributed by atoms with Crippen molar-refractivity contribution in [2.75, 3.05) is 19.8 Å². The van der Waals surface area contributed by atoms with Crippen LogP contribution in [0.1, 0.15) is 49.3 Å². The number of carbonyl (C=O) groups is 1. The Morgan fingerprint density at radius 1 is 0.848 bits per heavy atom. The molecule has 0 saturated heterocycles. The van der Waals surface area contributed by atoms with Gasteiger partial charge in [-0.2, -0.15) is 0 Å². The van der Waals surface area contributed by atoms with Gasteiger partial charge in [-0.25, -0.2) is 4.79 Å². The fraction of sp³-hybridized carbons (Fsp3) is 0.345. The van der Waals surface area contributed by atoms with Crippen LogP contribution in [0.3, 0.4) is 0 Å². The van der Waals surface area contributed by atoms with Gasteiger partial charge in [-0.15, -0.1) is 0 Å². The summed E-state index contributed by atoms with van der Waals surface area (Å²) in [5.41, 5.74) is 6.60. The summed E-state index contributed by atoms with van der Waals surface area (Å²) >= 11 is 0. The quantitative estimate of drug-likeness (QED) is 0.262. The molecule has 4 nitrogen and oxygen atoms in total. The van der Waals surface area contributed by atoms with Gasteiger partial charge < -0.3 is 14.2 Å². The van der Waals surface area contributed by atoms with Crippen LogP contribution in [0.25, 0.3) is 11.1 Å². The summed E-state index contributed by atoms with van der Waals surface area (Å²) in [5, 5.41) is 0. The molecule has 3 aromatic carbocycles. The third-order valence-electron chi connectivity index (χ3n) is 6.13. The van der Waals surface area contributed by atoms with E-state index in [0.29, 0.717) is 32.2 Å². The Kier molecular flexibility index (Phi) is 7.79. The molecule has 0 radical (unpaired) electrons. The van der Waals surface area contributed by atoms with Crippen LogP contribution in [0, 0.1) is 0 Å². The van der Waals surface area contributed by atoms with Gasteiger partial charge in [-0.3, -0.25) is 0 Å². The number of benzene rings is 3. The van der Waals surface area contributed by atoms with Crippen molar-refractivity contribution in [2.24, 2.45) is 0 Å². The molecule has 4 rings (SSSR count). The lowest BCUT2D eigenvalue weighted by atomic mass is 9.92. The number of esters is 1. The molecule has 0 spiro atoms. The Morgan fingerprint density at radius 2 is 1.48 bits per heavy atom. The first-order valence-electron chi connectivity index (χ1n) is 11.9. The van der Waals surface area contributed by atoms with Crippen LogP contribution in [-0.2, 0) is 20.7 Å². The third-order valence-corrected chi connectivity index (χ3v) is 6.13. The Labute approximate surface area is 196 Å². The molecule has 0 aromatic heterocycles. The molecule has 1 atom stereocenters. The number of hydrogen-bond donors (Lipinski definition) is 0. The molecule has 1 unspecified atom stereocenters. The second-order valence-corrected chi connectivity index (χ2v) is 8.26. The number of fused-ring (bicyclic) bond motifs is 3. The number of rotatable bonds is 11. The highest BCUT2D eigenvalue weighted by Gasteiger charge is 2.27. The van der Waals surface area contributed by atoms with E-state index in [4.69, 9.17) is 14.2 Å². The Bertz CT molecular complexity index is 1010. The van der Waals surface area contributed by atoms with E-state index < -0.39 is 6.10 Å². The van der Waals surface area contributed by atoms with Gasteiger partial charge in [-0.05, 0) is 66.6 Å². The summed E-state index contributed by atoms with van der Waals surface area (Å²) in [6, 6.07) is 25.4. The van der Waals surface area contributed by atoms with Crippen molar-refractivity contribution >= 4 is 5.97 Å². The van der Waals surface area contributed by atoms with Crippen LogP contribution in [0.15, 0.2) is 72.8 Å². The molecule has 0 bridgehead atoms. The van der Waals surface area contributed by atoms with Crippen molar-refractivity contribution in [3.63, 3.8) is 0 Å². The van der Waals surface area contributed by atoms with E-state index in [0.717, 1.165) is 24.2 Å². The maximum Gasteiger partial charge on any atom is 0.335 e. The fourth-order valence-corrected chi connectivity index (χ4v) is 4.63. The minimum absolute atomic E-state index is 0.310. The summed E-state index contributed by atoms with van der Waals surface area (Å²) < 4.78 is 16.7. The van der Waals surface area contributed by atoms with Crippen molar-refractivity contribution in [3.8, 4) is 16.9 Å². The van der Waals surface area contributed by atoms with Gasteiger partial charge in [-0.1, -0.05) is 60.7 Å². The SMILES string of the molecule is CCOC(=O)C(Cc1ccc(OCCCC2c3ccccc3-c3ccccc32)cc1)OCC. The highest BCUT2D eigenvalue weighted by molar-refractivity contribution is 5.78. The van der Waals surface area contributed by atoms with Gasteiger partial charge in [0, 0.05) is 18.9 Å². The molecular weight excluding hydrogens is 412 g/mol. The first-order valence-corrected chi connectivity index (χ1v) is 11.9. The monoisotopic (exact) mass is 444 g/mol. The van der Waals surface area contributed by atoms with Crippen LogP contribution < -0.4 is 4.74 Å². The predicted molar refractivity (Wildman–Crippen MR) is 131 cm³/mol. The van der Waals surface area contributed by atoms with E-state index in [2.05, 4.69) is 48.5 Å². The molecule has 4 heteroatoms. The zero-order valence-corrected chi connectivity index (χ0v) is 19.5. The second-order valence-electron chi connectivity index (χ2n) is 8.26. The largest absolute Gasteiger partial charge is 0.494 e. The van der Waals surface area contributed by atoms with Crippen molar-refractivity contribution < 1.29 is 19.0 Å². The Hall–Kier alpha value is -3.11. The molecule has 0 fully saturated rings. The average Bonchev–Trinajstić information content (AvgIpc) is 3.16. The molecule has 0 heterocycles. The minimum Gasteiger partial charge on any atom is -0.494 e. The normalized spacial score (nSPS) is 13.3. The van der Waals surface area contributed by atoms with Gasteiger partial charge in [0.25, 0.3) is 0 Å². The van der Waals surface area contributed by atoms with Crippen LogP contribution in [0.5, 0.6) is 5.75 Å². The van der Waals surface area contributed by atoms with E-state index >= 15 is 0 Å². The van der Waals surface area contributed by atoms with Gasteiger partial charge in [0.15, 0.2) is 6.10 Å². The van der Waals surface area contributed by atoms with E-state index in [1.54, 1.807) is 6.92 Å². The van der Waals surface area contributed by atoms with Crippen LogP contribution in [0.2, 0.25) is 0 Å². The zero-order valence-electron chi connectivity index (χ0n) is 19.5. The van der Waals surface area contributed by atoms with Gasteiger partial charge >= 0.3 is 5.97 Å². The van der Waals surface area contributed by atoms with Crippen molar-refractivity contribution in [1.29, 1.82) is 0 Å². The first kappa shape index (κ1) is 23.1. The van der Waals surface area contributed by atoms with E-state index in [1.807, 2.05) is 31.2 Å². The first-order chi connectivity index (χ1) is 16.2. The van der Waals surface area contributed by atoms with Gasteiger partial charge in [0.1, 0.15) is 5.75 Å². The molecule has 0 saturated carbocycles. The molecule has 172 valence electrons. The molecule has 1 aliphatic carbocycles. The summed E-state index contributed by atoms with van der Waals surface area (Å²) in [6.45, 7) is 5.18. The average molecular weight is 445 g/mol. The molecule has 3 aromatic rings. The third kappa shape index (κ3) is 5.45. The smallest absolute Gasteiger partial charge is 0.335 e. The summed E-state index contributed by atoms with van der Waals surface area (Å²) in [6.07, 6.45) is 1.96. The predicted octanol–water partition coefficient (Wildman–Crippen LogP) is 6.17. The number of ether oxygens (including phenoxy) is 3. The Morgan fingerprint density at radius 3 is 2.09 bits per heavy atom. The minimum atomic E-state index is -0.570. The lowest BCUT2D eigenvalue weighted by molar-refractivity contribution is -0.156. The van der Waals surface area contributed by atoms with Crippen molar-refractivity contribution in [1.82, 2.24) is 0 Å². The highest BCUT2D eigenvalue weighted by atomic mass is 16.6. The summed E-state index contributed by atoms with van der Waals surface area (Å²) in [5.74, 6) is 0.964. The van der Waals surface area contributed by atoms with Crippen molar-refractivity contribution in [3.05, 3.63) is 89.5 Å². The van der Waals surface area contributed by atoms with Crippen molar-refractivity contribution in [2.45, 2.75) is 45.1 Å². The molecule has 1 aliphatic rings. The van der Waals surface area contributed by atoms with Crippen LogP contribution >= 0.6 is 0 Å². The van der Waals surface area contributed by atoms with Gasteiger partial charge in [0.05, 0.1) is 13.2 Å². The molecular formula is C29H32O4. The van der Waals surface area contributed by atoms with E-state index in [9.17, 15) is 4.79 Å².